The number of carbonyl (C=O) groups excluding carboxylic acids is 1. The summed E-state index contributed by atoms with van der Waals surface area (Å²) >= 11 is 0. The van der Waals surface area contributed by atoms with Gasteiger partial charge in [-0.15, -0.1) is 0 Å². The van der Waals surface area contributed by atoms with Crippen molar-refractivity contribution in [3.63, 3.8) is 0 Å². The second kappa shape index (κ2) is 6.43. The van der Waals surface area contributed by atoms with Gasteiger partial charge in [-0.25, -0.2) is 4.79 Å². The van der Waals surface area contributed by atoms with E-state index in [1.807, 2.05) is 36.4 Å². The van der Waals surface area contributed by atoms with Crippen LogP contribution >= 0.6 is 0 Å². The number of benzene rings is 2. The van der Waals surface area contributed by atoms with E-state index >= 15 is 0 Å². The van der Waals surface area contributed by atoms with Crippen LogP contribution in [0, 0.1) is 0 Å². The first-order valence-corrected chi connectivity index (χ1v) is 8.02. The minimum Gasteiger partial charge on any atom is -0.442 e. The van der Waals surface area contributed by atoms with Crippen molar-refractivity contribution in [3.8, 4) is 22.5 Å². The number of carbonyl (C=O) groups is 1. The van der Waals surface area contributed by atoms with E-state index in [4.69, 9.17) is 4.74 Å². The van der Waals surface area contributed by atoms with E-state index in [0.717, 1.165) is 10.3 Å². The Morgan fingerprint density at radius 2 is 1.68 bits per heavy atom. The van der Waals surface area contributed by atoms with Crippen molar-refractivity contribution in [2.45, 2.75) is 26.4 Å². The molecule has 5 heteroatoms. The molecule has 3 rings (SSSR count). The molecule has 128 valence electrons. The van der Waals surface area contributed by atoms with Crippen molar-refractivity contribution in [1.29, 1.82) is 0 Å². The summed E-state index contributed by atoms with van der Waals surface area (Å²) in [5, 5.41) is 11.1. The minimum absolute atomic E-state index is 0.453. The van der Waals surface area contributed by atoms with Crippen molar-refractivity contribution in [2.75, 3.05) is 0 Å². The lowest BCUT2D eigenvalue weighted by Crippen LogP contribution is -2.23. The summed E-state index contributed by atoms with van der Waals surface area (Å²) in [6.45, 7) is 5.37. The molecule has 0 unspecified atom stereocenters. The second-order valence-electron chi connectivity index (χ2n) is 6.70. The second-order valence-corrected chi connectivity index (χ2v) is 6.70. The summed E-state index contributed by atoms with van der Waals surface area (Å²) in [5.74, 6) is 0. The van der Waals surface area contributed by atoms with Gasteiger partial charge in [0, 0.05) is 11.1 Å². The average molecular weight is 336 g/mol. The monoisotopic (exact) mass is 336 g/mol. The normalized spacial score (nSPS) is 12.4. The quantitative estimate of drug-likeness (QED) is 0.673. The van der Waals surface area contributed by atoms with Crippen LogP contribution in [0.3, 0.4) is 0 Å². The number of amides is 1. The number of rotatable bonds is 1. The van der Waals surface area contributed by atoms with Crippen molar-refractivity contribution in [1.82, 2.24) is 4.73 Å². The van der Waals surface area contributed by atoms with Crippen molar-refractivity contribution < 1.29 is 14.7 Å². The van der Waals surface area contributed by atoms with Gasteiger partial charge in [0.1, 0.15) is 5.60 Å². The van der Waals surface area contributed by atoms with Crippen LogP contribution in [0.25, 0.3) is 22.5 Å². The minimum atomic E-state index is -0.656. The molecule has 1 N–H and O–H groups in total. The fourth-order valence-corrected chi connectivity index (χ4v) is 2.57. The molecule has 5 nitrogen and oxygen atoms in total. The van der Waals surface area contributed by atoms with Crippen LogP contribution in [-0.2, 0) is 4.74 Å². The highest BCUT2D eigenvalue weighted by molar-refractivity contribution is 5.72. The van der Waals surface area contributed by atoms with Crippen LogP contribution in [0.4, 0.5) is 4.79 Å². The fraction of sp³-hybridized carbons (Fsp3) is 0.200. The highest BCUT2D eigenvalue weighted by Crippen LogP contribution is 2.25. The molecule has 0 saturated heterocycles. The number of ether oxygens (including phenoxy) is 1. The van der Waals surface area contributed by atoms with Crippen molar-refractivity contribution in [2.24, 2.45) is 4.99 Å². The van der Waals surface area contributed by atoms with Gasteiger partial charge in [-0.05, 0) is 45.0 Å². The van der Waals surface area contributed by atoms with Crippen LogP contribution in [0.5, 0.6) is 0 Å². The molecule has 0 atom stereocenters. The van der Waals surface area contributed by atoms with Gasteiger partial charge in [-0.2, -0.15) is 9.72 Å². The van der Waals surface area contributed by atoms with Crippen LogP contribution in [-0.4, -0.2) is 21.6 Å². The Morgan fingerprint density at radius 1 is 0.960 bits per heavy atom. The average Bonchev–Trinajstić information content (AvgIpc) is 2.55. The standard InChI is InChI=1S/C20H20N2O3/c1-20(2,3)25-19(23)21-16-10-7-11-18-15(16)12-13-17(22(18)24)14-8-5-4-6-9-14/h4-13,24H,1-3H3/b21-16+. The summed E-state index contributed by atoms with van der Waals surface area (Å²) in [6, 6.07) is 18.5. The smallest absolute Gasteiger partial charge is 0.434 e. The van der Waals surface area contributed by atoms with Gasteiger partial charge in [0.2, 0.25) is 0 Å². The zero-order chi connectivity index (χ0) is 18.0. The van der Waals surface area contributed by atoms with E-state index in [9.17, 15) is 10.0 Å². The molecule has 1 aromatic rings. The molecule has 1 heterocycles. The third kappa shape index (κ3) is 3.71. The van der Waals surface area contributed by atoms with E-state index in [1.165, 1.54) is 0 Å². The SMILES string of the molecule is CC(C)(C)OC(=O)/N=c1\cccc2n(O)c(-c3ccccc3)ccc1-2. The number of hydrogen-bond acceptors (Lipinski definition) is 3. The molecule has 2 aliphatic rings. The lowest BCUT2D eigenvalue weighted by molar-refractivity contribution is 0.0597. The van der Waals surface area contributed by atoms with Gasteiger partial charge in [0.15, 0.2) is 0 Å². The third-order valence-corrected chi connectivity index (χ3v) is 3.60. The number of aromatic nitrogens is 1. The first-order valence-electron chi connectivity index (χ1n) is 8.02. The van der Waals surface area contributed by atoms with E-state index in [-0.39, 0.29) is 0 Å². The molecule has 1 aliphatic carbocycles. The molecule has 0 radical (unpaired) electrons. The maximum Gasteiger partial charge on any atom is 0.434 e. The Hall–Kier alpha value is -3.08. The maximum absolute atomic E-state index is 12.0. The van der Waals surface area contributed by atoms with Crippen LogP contribution < -0.4 is 5.36 Å². The Balaban J connectivity index is 2.10. The predicted octanol–water partition coefficient (Wildman–Crippen LogP) is 4.33. The molecule has 0 spiro atoms. The molecule has 25 heavy (non-hydrogen) atoms. The van der Waals surface area contributed by atoms with Gasteiger partial charge in [0.05, 0.1) is 16.7 Å². The third-order valence-electron chi connectivity index (χ3n) is 3.60. The molecular formula is C20H20N2O3. The zero-order valence-corrected chi connectivity index (χ0v) is 14.4. The van der Waals surface area contributed by atoms with E-state index in [2.05, 4.69) is 4.99 Å². The molecule has 0 saturated carbocycles. The lowest BCUT2D eigenvalue weighted by atomic mass is 10.1. The summed E-state index contributed by atoms with van der Waals surface area (Å²) in [7, 11) is 0. The van der Waals surface area contributed by atoms with Gasteiger partial charge in [-0.1, -0.05) is 36.4 Å². The molecule has 0 aromatic heterocycles. The summed E-state index contributed by atoms with van der Waals surface area (Å²) in [6.07, 6.45) is -0.656. The Morgan fingerprint density at radius 3 is 2.36 bits per heavy atom. The highest BCUT2D eigenvalue weighted by Gasteiger charge is 2.17. The maximum atomic E-state index is 12.0. The van der Waals surface area contributed by atoms with Crippen molar-refractivity contribution in [3.05, 3.63) is 66.0 Å². The first kappa shape index (κ1) is 16.8. The topological polar surface area (TPSA) is 63.8 Å². The fourth-order valence-electron chi connectivity index (χ4n) is 2.57. The van der Waals surface area contributed by atoms with E-state index in [0.29, 0.717) is 22.3 Å². The molecule has 0 bridgehead atoms. The molecule has 1 amide bonds. The predicted molar refractivity (Wildman–Crippen MR) is 95.5 cm³/mol. The van der Waals surface area contributed by atoms with E-state index in [1.54, 1.807) is 45.0 Å². The van der Waals surface area contributed by atoms with Crippen LogP contribution in [0.15, 0.2) is 65.7 Å². The van der Waals surface area contributed by atoms with Gasteiger partial charge >= 0.3 is 6.09 Å². The van der Waals surface area contributed by atoms with Gasteiger partial charge < -0.3 is 9.94 Å². The largest absolute Gasteiger partial charge is 0.442 e. The number of hydrogen-bond donors (Lipinski definition) is 1. The molecule has 1 aliphatic heterocycles. The molecule has 1 aromatic carbocycles. The highest BCUT2D eigenvalue weighted by atomic mass is 16.6. The Labute approximate surface area is 146 Å². The number of nitrogens with zero attached hydrogens (tertiary/aromatic N) is 2. The number of pyridine rings is 1. The summed E-state index contributed by atoms with van der Waals surface area (Å²) in [5.41, 5.74) is 2.16. The van der Waals surface area contributed by atoms with Crippen LogP contribution in [0.1, 0.15) is 20.8 Å². The Kier molecular flexibility index (Phi) is 4.31. The van der Waals surface area contributed by atoms with Gasteiger partial charge in [0.25, 0.3) is 0 Å². The van der Waals surface area contributed by atoms with E-state index < -0.39 is 11.7 Å². The van der Waals surface area contributed by atoms with Gasteiger partial charge in [-0.3, -0.25) is 0 Å². The van der Waals surface area contributed by atoms with Crippen molar-refractivity contribution >= 4 is 6.09 Å². The lowest BCUT2D eigenvalue weighted by Gasteiger charge is -2.18. The first-order chi connectivity index (χ1) is 11.8. The summed E-state index contributed by atoms with van der Waals surface area (Å²) in [4.78, 5) is 16.0. The zero-order valence-electron chi connectivity index (χ0n) is 14.4. The Bertz CT molecular complexity index is 937. The number of fused-ring (bicyclic) bond motifs is 1. The summed E-state index contributed by atoms with van der Waals surface area (Å²) < 4.78 is 6.35. The molecular weight excluding hydrogens is 316 g/mol. The molecule has 0 fully saturated rings. The van der Waals surface area contributed by atoms with Crippen LogP contribution in [0.2, 0.25) is 0 Å².